The molecule has 0 aromatic heterocycles. The zero-order chi connectivity index (χ0) is 17.6. The van der Waals surface area contributed by atoms with Crippen molar-refractivity contribution in [1.29, 1.82) is 0 Å². The van der Waals surface area contributed by atoms with E-state index < -0.39 is 12.0 Å². The lowest BCUT2D eigenvalue weighted by molar-refractivity contribution is -0.144. The molecule has 5 nitrogen and oxygen atoms in total. The Balaban J connectivity index is 1.77. The molecule has 0 saturated carbocycles. The predicted molar refractivity (Wildman–Crippen MR) is 97.2 cm³/mol. The van der Waals surface area contributed by atoms with E-state index in [1.807, 2.05) is 54.6 Å². The number of benzene rings is 2. The Morgan fingerprint density at radius 3 is 2.36 bits per heavy atom. The Kier molecular flexibility index (Phi) is 5.68. The van der Waals surface area contributed by atoms with Crippen LogP contribution in [-0.2, 0) is 11.2 Å². The molecule has 5 heteroatoms. The fourth-order valence-electron chi connectivity index (χ4n) is 3.10. The summed E-state index contributed by atoms with van der Waals surface area (Å²) in [5.74, 6) is 0.689. The number of carboxylic acid groups (broad SMARTS) is 1. The maximum absolute atomic E-state index is 11.9. The molecule has 1 fully saturated rings. The van der Waals surface area contributed by atoms with Crippen molar-refractivity contribution in [2.45, 2.75) is 12.5 Å². The summed E-state index contributed by atoms with van der Waals surface area (Å²) >= 11 is 0. The van der Waals surface area contributed by atoms with E-state index in [4.69, 9.17) is 4.74 Å². The van der Waals surface area contributed by atoms with E-state index in [9.17, 15) is 9.90 Å². The highest BCUT2D eigenvalue weighted by Crippen LogP contribution is 2.27. The summed E-state index contributed by atoms with van der Waals surface area (Å²) in [6.07, 6.45) is 0.433. The van der Waals surface area contributed by atoms with E-state index in [-0.39, 0.29) is 0 Å². The van der Waals surface area contributed by atoms with E-state index in [0.29, 0.717) is 12.2 Å². The number of nitrogens with zero attached hydrogens (tertiary/aromatic N) is 2. The van der Waals surface area contributed by atoms with Crippen LogP contribution in [0.4, 0.5) is 0 Å². The van der Waals surface area contributed by atoms with Gasteiger partial charge in [0.25, 0.3) is 0 Å². The number of hydrogen-bond acceptors (Lipinski definition) is 4. The van der Waals surface area contributed by atoms with Crippen LogP contribution in [0.5, 0.6) is 11.5 Å². The second-order valence-corrected chi connectivity index (χ2v) is 6.42. The largest absolute Gasteiger partial charge is 0.480 e. The second kappa shape index (κ2) is 8.14. The lowest BCUT2D eigenvalue weighted by atomic mass is 10.0. The summed E-state index contributed by atoms with van der Waals surface area (Å²) in [6, 6.07) is 16.7. The number of hydrogen-bond donors (Lipinski definition) is 1. The number of piperazine rings is 1. The van der Waals surface area contributed by atoms with Gasteiger partial charge in [0.2, 0.25) is 0 Å². The molecule has 1 saturated heterocycles. The maximum atomic E-state index is 11.9. The highest BCUT2D eigenvalue weighted by molar-refractivity contribution is 5.74. The Hall–Kier alpha value is -2.37. The van der Waals surface area contributed by atoms with Crippen molar-refractivity contribution in [3.8, 4) is 11.5 Å². The summed E-state index contributed by atoms with van der Waals surface area (Å²) in [4.78, 5) is 16.1. The number of ether oxygens (including phenoxy) is 1. The molecule has 0 radical (unpaired) electrons. The zero-order valence-electron chi connectivity index (χ0n) is 14.5. The van der Waals surface area contributed by atoms with Gasteiger partial charge in [-0.15, -0.1) is 0 Å². The quantitative estimate of drug-likeness (QED) is 0.876. The molecule has 25 heavy (non-hydrogen) atoms. The second-order valence-electron chi connectivity index (χ2n) is 6.42. The summed E-state index contributed by atoms with van der Waals surface area (Å²) in [5, 5.41) is 9.74. The van der Waals surface area contributed by atoms with Crippen LogP contribution in [0, 0.1) is 0 Å². The highest BCUT2D eigenvalue weighted by Gasteiger charge is 2.29. The van der Waals surface area contributed by atoms with E-state index in [0.717, 1.165) is 37.5 Å². The fraction of sp³-hybridized carbons (Fsp3) is 0.350. The third-order valence-corrected chi connectivity index (χ3v) is 4.62. The van der Waals surface area contributed by atoms with Gasteiger partial charge in [0, 0.05) is 32.6 Å². The molecule has 1 aliphatic heterocycles. The Labute approximate surface area is 148 Å². The molecule has 0 unspecified atom stereocenters. The molecule has 1 atom stereocenters. The SMILES string of the molecule is CN1CCN([C@@H](Cc2ccccc2Oc2ccccc2)C(=O)O)CC1. The summed E-state index contributed by atoms with van der Waals surface area (Å²) < 4.78 is 5.97. The monoisotopic (exact) mass is 340 g/mol. The summed E-state index contributed by atoms with van der Waals surface area (Å²) in [5.41, 5.74) is 0.915. The van der Waals surface area contributed by atoms with Gasteiger partial charge in [0.05, 0.1) is 0 Å². The van der Waals surface area contributed by atoms with Crippen LogP contribution in [-0.4, -0.2) is 60.1 Å². The van der Waals surface area contributed by atoms with Gasteiger partial charge in [-0.2, -0.15) is 0 Å². The number of likely N-dealkylation sites (N-methyl/N-ethyl adjacent to an activating group) is 1. The normalized spacial score (nSPS) is 17.2. The van der Waals surface area contributed by atoms with Crippen LogP contribution in [0.2, 0.25) is 0 Å². The molecule has 1 aliphatic rings. The summed E-state index contributed by atoms with van der Waals surface area (Å²) in [7, 11) is 2.07. The van der Waals surface area contributed by atoms with Crippen LogP contribution in [0.15, 0.2) is 54.6 Å². The van der Waals surface area contributed by atoms with Gasteiger partial charge >= 0.3 is 5.97 Å². The van der Waals surface area contributed by atoms with Crippen molar-refractivity contribution in [3.63, 3.8) is 0 Å². The van der Waals surface area contributed by atoms with Crippen molar-refractivity contribution >= 4 is 5.97 Å². The first-order chi connectivity index (χ1) is 12.1. The molecule has 2 aromatic rings. The van der Waals surface area contributed by atoms with E-state index >= 15 is 0 Å². The Bertz CT molecular complexity index is 697. The topological polar surface area (TPSA) is 53.0 Å². The van der Waals surface area contributed by atoms with Gasteiger partial charge in [-0.05, 0) is 30.8 Å². The molecule has 132 valence electrons. The first-order valence-corrected chi connectivity index (χ1v) is 8.59. The molecule has 1 heterocycles. The van der Waals surface area contributed by atoms with Crippen molar-refractivity contribution in [2.75, 3.05) is 33.2 Å². The number of rotatable bonds is 6. The molecular weight excluding hydrogens is 316 g/mol. The van der Waals surface area contributed by atoms with Crippen LogP contribution in [0.25, 0.3) is 0 Å². The lowest BCUT2D eigenvalue weighted by Crippen LogP contribution is -2.52. The molecule has 0 spiro atoms. The standard InChI is InChI=1S/C20H24N2O3/c1-21-11-13-22(14-12-21)18(20(23)24)15-16-7-5-6-10-19(16)25-17-8-3-2-4-9-17/h2-10,18H,11-15H2,1H3,(H,23,24)/t18-/m0/s1. The highest BCUT2D eigenvalue weighted by atomic mass is 16.5. The molecular formula is C20H24N2O3. The predicted octanol–water partition coefficient (Wildman–Crippen LogP) is 2.72. The number of carbonyl (C=O) groups is 1. The van der Waals surface area contributed by atoms with Crippen molar-refractivity contribution < 1.29 is 14.6 Å². The average molecular weight is 340 g/mol. The van der Waals surface area contributed by atoms with Crippen molar-refractivity contribution in [3.05, 3.63) is 60.2 Å². The van der Waals surface area contributed by atoms with E-state index in [2.05, 4.69) is 16.8 Å². The zero-order valence-corrected chi connectivity index (χ0v) is 14.5. The average Bonchev–Trinajstić information content (AvgIpc) is 2.62. The first kappa shape index (κ1) is 17.5. The first-order valence-electron chi connectivity index (χ1n) is 8.59. The third-order valence-electron chi connectivity index (χ3n) is 4.62. The Morgan fingerprint density at radius 1 is 1.04 bits per heavy atom. The summed E-state index contributed by atoms with van der Waals surface area (Å²) in [6.45, 7) is 3.34. The smallest absolute Gasteiger partial charge is 0.321 e. The van der Waals surface area contributed by atoms with E-state index in [1.54, 1.807) is 0 Å². The van der Waals surface area contributed by atoms with Gasteiger partial charge in [-0.1, -0.05) is 36.4 Å². The third kappa shape index (κ3) is 4.59. The number of para-hydroxylation sites is 2. The van der Waals surface area contributed by atoms with Gasteiger partial charge in [-0.25, -0.2) is 0 Å². The number of carboxylic acids is 1. The van der Waals surface area contributed by atoms with Crippen LogP contribution >= 0.6 is 0 Å². The van der Waals surface area contributed by atoms with Gasteiger partial charge in [-0.3, -0.25) is 9.69 Å². The van der Waals surface area contributed by atoms with Crippen molar-refractivity contribution in [1.82, 2.24) is 9.80 Å². The molecule has 0 bridgehead atoms. The maximum Gasteiger partial charge on any atom is 0.321 e. The molecule has 2 aromatic carbocycles. The van der Waals surface area contributed by atoms with Gasteiger partial charge < -0.3 is 14.7 Å². The van der Waals surface area contributed by atoms with Crippen LogP contribution in [0.1, 0.15) is 5.56 Å². The van der Waals surface area contributed by atoms with E-state index in [1.165, 1.54) is 0 Å². The lowest BCUT2D eigenvalue weighted by Gasteiger charge is -2.36. The minimum atomic E-state index is -0.779. The molecule has 0 amide bonds. The molecule has 1 N–H and O–H groups in total. The van der Waals surface area contributed by atoms with Gasteiger partial charge in [0.15, 0.2) is 0 Å². The van der Waals surface area contributed by atoms with Crippen molar-refractivity contribution in [2.24, 2.45) is 0 Å². The minimum absolute atomic E-state index is 0.433. The fourth-order valence-corrected chi connectivity index (χ4v) is 3.10. The van der Waals surface area contributed by atoms with Crippen LogP contribution < -0.4 is 4.74 Å². The van der Waals surface area contributed by atoms with Gasteiger partial charge in [0.1, 0.15) is 17.5 Å². The molecule has 3 rings (SSSR count). The van der Waals surface area contributed by atoms with Crippen LogP contribution in [0.3, 0.4) is 0 Å². The minimum Gasteiger partial charge on any atom is -0.480 e. The Morgan fingerprint density at radius 2 is 1.68 bits per heavy atom. The number of aliphatic carboxylic acids is 1. The molecule has 0 aliphatic carbocycles.